The summed E-state index contributed by atoms with van der Waals surface area (Å²) in [4.78, 5) is 8.54. The first-order valence-corrected chi connectivity index (χ1v) is 7.33. The number of hydrogen-bond acceptors (Lipinski definition) is 3. The van der Waals surface area contributed by atoms with Crippen LogP contribution in [0.4, 0.5) is 0 Å². The van der Waals surface area contributed by atoms with Crippen molar-refractivity contribution in [2.75, 3.05) is 0 Å². The molecule has 0 radical (unpaired) electrons. The number of nitrogens with zero attached hydrogens (tertiary/aromatic N) is 2. The average Bonchev–Trinajstić information content (AvgIpc) is 2.46. The maximum Gasteiger partial charge on any atom is 0.0753 e. The Morgan fingerprint density at radius 3 is 2.67 bits per heavy atom. The van der Waals surface area contributed by atoms with Gasteiger partial charge in [0.05, 0.1) is 5.69 Å². The van der Waals surface area contributed by atoms with Gasteiger partial charge in [0.25, 0.3) is 0 Å². The number of nitrogens with one attached hydrogen (secondary N) is 1. The molecule has 2 unspecified atom stereocenters. The van der Waals surface area contributed by atoms with E-state index in [1.165, 1.54) is 38.5 Å². The Labute approximate surface area is 110 Å². The van der Waals surface area contributed by atoms with Crippen LogP contribution in [-0.2, 0) is 0 Å². The predicted octanol–water partition coefficient (Wildman–Crippen LogP) is 3.49. The molecule has 3 heteroatoms. The van der Waals surface area contributed by atoms with Crippen LogP contribution >= 0.6 is 0 Å². The van der Waals surface area contributed by atoms with Crippen LogP contribution in [0.5, 0.6) is 0 Å². The number of hydrogen-bond donors (Lipinski definition) is 1. The minimum absolute atomic E-state index is 0.297. The van der Waals surface area contributed by atoms with Crippen LogP contribution in [0.1, 0.15) is 64.1 Å². The highest BCUT2D eigenvalue weighted by Gasteiger charge is 2.23. The third-order valence-electron chi connectivity index (χ3n) is 4.15. The summed E-state index contributed by atoms with van der Waals surface area (Å²) in [5, 5.41) is 3.75. The van der Waals surface area contributed by atoms with Crippen molar-refractivity contribution in [2.24, 2.45) is 5.92 Å². The summed E-state index contributed by atoms with van der Waals surface area (Å²) in [6.07, 6.45) is 13.6. The molecule has 0 aromatic carbocycles. The van der Waals surface area contributed by atoms with E-state index < -0.39 is 0 Å². The van der Waals surface area contributed by atoms with Gasteiger partial charge in [-0.2, -0.15) is 0 Å². The lowest BCUT2D eigenvalue weighted by Crippen LogP contribution is -2.38. The second-order valence-electron chi connectivity index (χ2n) is 5.43. The van der Waals surface area contributed by atoms with Gasteiger partial charge in [0.1, 0.15) is 0 Å². The van der Waals surface area contributed by atoms with Gasteiger partial charge in [0.15, 0.2) is 0 Å². The zero-order valence-electron chi connectivity index (χ0n) is 11.6. The fourth-order valence-electron chi connectivity index (χ4n) is 3.06. The Hall–Kier alpha value is -0.960. The molecule has 1 aromatic rings. The Morgan fingerprint density at radius 1 is 1.28 bits per heavy atom. The van der Waals surface area contributed by atoms with Crippen LogP contribution in [0.15, 0.2) is 18.6 Å². The van der Waals surface area contributed by atoms with E-state index in [4.69, 9.17) is 0 Å². The van der Waals surface area contributed by atoms with E-state index in [2.05, 4.69) is 29.1 Å². The summed E-state index contributed by atoms with van der Waals surface area (Å²) in [6.45, 7) is 4.48. The summed E-state index contributed by atoms with van der Waals surface area (Å²) in [6, 6.07) is 0.924. The molecule has 0 aliphatic heterocycles. The zero-order chi connectivity index (χ0) is 12.8. The quantitative estimate of drug-likeness (QED) is 0.865. The Bertz CT molecular complexity index is 333. The molecule has 0 amide bonds. The summed E-state index contributed by atoms with van der Waals surface area (Å²) >= 11 is 0. The molecule has 100 valence electrons. The van der Waals surface area contributed by atoms with Gasteiger partial charge in [-0.15, -0.1) is 0 Å². The van der Waals surface area contributed by atoms with Gasteiger partial charge in [-0.1, -0.05) is 26.2 Å². The second-order valence-corrected chi connectivity index (χ2v) is 5.43. The normalized spacial score (nSPS) is 20.6. The molecular formula is C15H25N3. The number of rotatable bonds is 5. The Kier molecular flexibility index (Phi) is 5.12. The molecule has 1 N–H and O–H groups in total. The lowest BCUT2D eigenvalue weighted by molar-refractivity contribution is 0.248. The van der Waals surface area contributed by atoms with Crippen molar-refractivity contribution in [3.05, 3.63) is 24.3 Å². The fraction of sp³-hybridized carbons (Fsp3) is 0.733. The molecule has 3 nitrogen and oxygen atoms in total. The maximum atomic E-state index is 4.39. The monoisotopic (exact) mass is 247 g/mol. The van der Waals surface area contributed by atoms with Gasteiger partial charge in [-0.3, -0.25) is 9.97 Å². The summed E-state index contributed by atoms with van der Waals surface area (Å²) < 4.78 is 0. The largest absolute Gasteiger partial charge is 0.306 e. The van der Waals surface area contributed by atoms with Crippen molar-refractivity contribution >= 4 is 0 Å². The number of aromatic nitrogens is 2. The third kappa shape index (κ3) is 3.52. The molecule has 2 rings (SSSR count). The van der Waals surface area contributed by atoms with Crippen molar-refractivity contribution in [3.8, 4) is 0 Å². The Morgan fingerprint density at radius 2 is 2.06 bits per heavy atom. The van der Waals surface area contributed by atoms with E-state index in [0.29, 0.717) is 12.1 Å². The van der Waals surface area contributed by atoms with E-state index in [-0.39, 0.29) is 0 Å². The topological polar surface area (TPSA) is 37.8 Å². The molecule has 0 saturated heterocycles. The van der Waals surface area contributed by atoms with Crippen molar-refractivity contribution in [2.45, 2.75) is 64.5 Å². The van der Waals surface area contributed by atoms with Crippen LogP contribution in [0.3, 0.4) is 0 Å². The van der Waals surface area contributed by atoms with Crippen LogP contribution in [0.2, 0.25) is 0 Å². The van der Waals surface area contributed by atoms with Gasteiger partial charge in [0, 0.05) is 30.7 Å². The van der Waals surface area contributed by atoms with Gasteiger partial charge >= 0.3 is 0 Å². The summed E-state index contributed by atoms with van der Waals surface area (Å²) in [7, 11) is 0. The second kappa shape index (κ2) is 6.83. The molecule has 1 saturated carbocycles. The minimum atomic E-state index is 0.297. The summed E-state index contributed by atoms with van der Waals surface area (Å²) in [5.41, 5.74) is 1.05. The molecular weight excluding hydrogens is 222 g/mol. The highest BCUT2D eigenvalue weighted by molar-refractivity contribution is 5.01. The summed E-state index contributed by atoms with van der Waals surface area (Å²) in [5.74, 6) is 0.850. The van der Waals surface area contributed by atoms with Gasteiger partial charge < -0.3 is 5.32 Å². The SMILES string of the molecule is CCC(NC(C)c1cnccn1)C1CCCCC1. The van der Waals surface area contributed by atoms with Crippen molar-refractivity contribution in [3.63, 3.8) is 0 Å². The smallest absolute Gasteiger partial charge is 0.0753 e. The average molecular weight is 247 g/mol. The lowest BCUT2D eigenvalue weighted by atomic mass is 9.82. The molecule has 0 spiro atoms. The van der Waals surface area contributed by atoms with E-state index in [1.807, 2.05) is 6.20 Å². The minimum Gasteiger partial charge on any atom is -0.306 e. The van der Waals surface area contributed by atoms with Gasteiger partial charge in [-0.05, 0) is 32.1 Å². The van der Waals surface area contributed by atoms with Crippen LogP contribution < -0.4 is 5.32 Å². The highest BCUT2D eigenvalue weighted by atomic mass is 15.0. The fourth-order valence-corrected chi connectivity index (χ4v) is 3.06. The first kappa shape index (κ1) is 13.5. The van der Waals surface area contributed by atoms with Crippen LogP contribution in [-0.4, -0.2) is 16.0 Å². The standard InChI is InChI=1S/C15H25N3/c1-3-14(13-7-5-4-6-8-13)18-12(2)15-11-16-9-10-17-15/h9-14,18H,3-8H2,1-2H3. The molecule has 2 atom stereocenters. The third-order valence-corrected chi connectivity index (χ3v) is 4.15. The van der Waals surface area contributed by atoms with Crippen molar-refractivity contribution in [1.29, 1.82) is 0 Å². The van der Waals surface area contributed by atoms with Crippen molar-refractivity contribution < 1.29 is 0 Å². The van der Waals surface area contributed by atoms with Crippen LogP contribution in [0, 0.1) is 5.92 Å². The maximum absolute atomic E-state index is 4.39. The molecule has 0 bridgehead atoms. The van der Waals surface area contributed by atoms with E-state index >= 15 is 0 Å². The van der Waals surface area contributed by atoms with E-state index in [1.54, 1.807) is 12.4 Å². The zero-order valence-corrected chi connectivity index (χ0v) is 11.6. The molecule has 18 heavy (non-hydrogen) atoms. The Balaban J connectivity index is 1.93. The predicted molar refractivity (Wildman–Crippen MR) is 74.2 cm³/mol. The van der Waals surface area contributed by atoms with Gasteiger partial charge in [-0.25, -0.2) is 0 Å². The molecule has 1 aliphatic rings. The molecule has 1 fully saturated rings. The van der Waals surface area contributed by atoms with Crippen LogP contribution in [0.25, 0.3) is 0 Å². The molecule has 1 aromatic heterocycles. The van der Waals surface area contributed by atoms with Gasteiger partial charge in [0.2, 0.25) is 0 Å². The van der Waals surface area contributed by atoms with E-state index in [0.717, 1.165) is 11.6 Å². The first-order chi connectivity index (χ1) is 8.81. The van der Waals surface area contributed by atoms with E-state index in [9.17, 15) is 0 Å². The molecule has 1 aliphatic carbocycles. The van der Waals surface area contributed by atoms with Crippen molar-refractivity contribution in [1.82, 2.24) is 15.3 Å². The highest BCUT2D eigenvalue weighted by Crippen LogP contribution is 2.28. The first-order valence-electron chi connectivity index (χ1n) is 7.33. The lowest BCUT2D eigenvalue weighted by Gasteiger charge is -2.32. The molecule has 1 heterocycles.